The minimum atomic E-state index is -0.666. The third-order valence-electron chi connectivity index (χ3n) is 1.96. The van der Waals surface area contributed by atoms with Crippen molar-refractivity contribution in [2.45, 2.75) is 0 Å². The molecular weight excluding hydrogens is 272 g/mol. The van der Waals surface area contributed by atoms with E-state index < -0.39 is 22.7 Å². The number of nitrogens with two attached hydrogens (primary N) is 4. The average molecular weight is 284 g/mol. The summed E-state index contributed by atoms with van der Waals surface area (Å²) < 4.78 is 0. The average Bonchev–Trinajstić information content (AvgIpc) is 2.33. The second-order valence-corrected chi connectivity index (χ2v) is 3.42. The van der Waals surface area contributed by atoms with Crippen molar-refractivity contribution in [1.29, 1.82) is 0 Å². The molecule has 0 aliphatic heterocycles. The molecule has 12 N–H and O–H groups in total. The highest BCUT2D eigenvalue weighted by Gasteiger charge is 2.02. The molecule has 108 valence electrons. The van der Waals surface area contributed by atoms with Crippen molar-refractivity contribution in [3.63, 3.8) is 0 Å². The van der Waals surface area contributed by atoms with Gasteiger partial charge in [-0.15, -0.1) is 0 Å². The number of aromatic hydroxyl groups is 1. The Balaban J connectivity index is 0.000000200. The van der Waals surface area contributed by atoms with Gasteiger partial charge in [0.1, 0.15) is 11.5 Å². The molecule has 0 aromatic carbocycles. The molecule has 0 unspecified atom stereocenters. The highest BCUT2D eigenvalue weighted by atomic mass is 16.3. The first-order chi connectivity index (χ1) is 9.22. The Bertz CT molecular complexity index is 788. The van der Waals surface area contributed by atoms with Crippen LogP contribution < -0.4 is 39.7 Å². The lowest BCUT2D eigenvalue weighted by Gasteiger charge is -1.95. The molecule has 2 aromatic rings. The van der Waals surface area contributed by atoms with E-state index in [-0.39, 0.29) is 23.1 Å². The molecule has 0 bridgehead atoms. The Labute approximate surface area is 109 Å². The van der Waals surface area contributed by atoms with Crippen molar-refractivity contribution >= 4 is 23.1 Å². The first-order valence-corrected chi connectivity index (χ1v) is 4.94. The van der Waals surface area contributed by atoms with E-state index in [0.29, 0.717) is 0 Å². The number of H-pyrrole nitrogens is 3. The summed E-state index contributed by atoms with van der Waals surface area (Å²) in [6.45, 7) is 0. The first kappa shape index (κ1) is 14.6. The van der Waals surface area contributed by atoms with Crippen molar-refractivity contribution < 1.29 is 5.11 Å². The van der Waals surface area contributed by atoms with Gasteiger partial charge in [0.25, 0.3) is 11.1 Å². The summed E-state index contributed by atoms with van der Waals surface area (Å²) in [7, 11) is 0. The maximum atomic E-state index is 10.6. The quantitative estimate of drug-likeness (QED) is 0.243. The van der Waals surface area contributed by atoms with Crippen molar-refractivity contribution in [1.82, 2.24) is 19.9 Å². The molecule has 2 aromatic heterocycles. The summed E-state index contributed by atoms with van der Waals surface area (Å²) in [4.78, 5) is 41.0. The van der Waals surface area contributed by atoms with Crippen LogP contribution in [0, 0.1) is 0 Å². The van der Waals surface area contributed by atoms with Crippen molar-refractivity contribution in [2.24, 2.45) is 0 Å². The number of aromatic nitrogens is 4. The van der Waals surface area contributed by atoms with Gasteiger partial charge in [0, 0.05) is 0 Å². The fourth-order valence-electron chi connectivity index (χ4n) is 1.00. The fraction of sp³-hybridized carbons (Fsp3) is 0. The molecule has 12 nitrogen and oxygen atoms in total. The molecule has 0 amide bonds. The Morgan fingerprint density at radius 1 is 0.850 bits per heavy atom. The largest absolute Gasteiger partial charge is 0.492 e. The van der Waals surface area contributed by atoms with Gasteiger partial charge >= 0.3 is 5.69 Å². The minimum absolute atomic E-state index is 0.103. The predicted molar refractivity (Wildman–Crippen MR) is 71.9 cm³/mol. The molecular formula is C8H12N8O4. The third kappa shape index (κ3) is 3.28. The summed E-state index contributed by atoms with van der Waals surface area (Å²) in [6, 6.07) is 0. The second-order valence-electron chi connectivity index (χ2n) is 3.42. The first-order valence-electron chi connectivity index (χ1n) is 4.94. The maximum absolute atomic E-state index is 10.6. The predicted octanol–water partition coefficient (Wildman–Crippen LogP) is -3.13. The molecule has 12 heteroatoms. The zero-order chi connectivity index (χ0) is 15.4. The van der Waals surface area contributed by atoms with Crippen LogP contribution in [0.25, 0.3) is 0 Å². The molecule has 0 saturated carbocycles. The van der Waals surface area contributed by atoms with E-state index in [9.17, 15) is 14.4 Å². The summed E-state index contributed by atoms with van der Waals surface area (Å²) in [6.07, 6.45) is 0. The van der Waals surface area contributed by atoms with Gasteiger partial charge in [-0.1, -0.05) is 0 Å². The summed E-state index contributed by atoms with van der Waals surface area (Å²) in [5.74, 6) is -0.799. The minimum Gasteiger partial charge on any atom is -0.492 e. The fourth-order valence-corrected chi connectivity index (χ4v) is 1.00. The molecule has 0 fully saturated rings. The van der Waals surface area contributed by atoms with Crippen molar-refractivity contribution in [3.05, 3.63) is 31.2 Å². The van der Waals surface area contributed by atoms with E-state index in [1.54, 1.807) is 0 Å². The van der Waals surface area contributed by atoms with E-state index >= 15 is 0 Å². The molecule has 0 radical (unpaired) electrons. The molecule has 0 atom stereocenters. The molecule has 0 aliphatic rings. The lowest BCUT2D eigenvalue weighted by molar-refractivity contribution is 0.455. The highest BCUT2D eigenvalue weighted by molar-refractivity contribution is 5.55. The molecule has 2 rings (SSSR count). The van der Waals surface area contributed by atoms with Crippen molar-refractivity contribution in [2.75, 3.05) is 22.9 Å². The molecule has 2 heterocycles. The molecule has 0 aliphatic carbocycles. The molecule has 0 spiro atoms. The smallest absolute Gasteiger partial charge is 0.327 e. The number of nitrogens with zero attached hydrogens (tertiary/aromatic N) is 1. The third-order valence-corrected chi connectivity index (χ3v) is 1.96. The molecule has 0 saturated heterocycles. The number of aromatic amines is 3. The van der Waals surface area contributed by atoms with E-state index in [1.165, 1.54) is 0 Å². The Kier molecular flexibility index (Phi) is 4.00. The van der Waals surface area contributed by atoms with Crippen LogP contribution in [0.4, 0.5) is 23.1 Å². The number of nitrogen functional groups attached to an aromatic ring is 4. The van der Waals surface area contributed by atoms with Crippen LogP contribution in [-0.2, 0) is 0 Å². The van der Waals surface area contributed by atoms with Gasteiger partial charge in [0.15, 0.2) is 5.69 Å². The van der Waals surface area contributed by atoms with Gasteiger partial charge in [-0.2, -0.15) is 4.98 Å². The number of rotatable bonds is 0. The summed E-state index contributed by atoms with van der Waals surface area (Å²) in [5.41, 5.74) is 17.9. The van der Waals surface area contributed by atoms with Crippen LogP contribution in [0.2, 0.25) is 0 Å². The van der Waals surface area contributed by atoms with E-state index in [0.717, 1.165) is 0 Å². The summed E-state index contributed by atoms with van der Waals surface area (Å²) >= 11 is 0. The van der Waals surface area contributed by atoms with Crippen LogP contribution in [0.5, 0.6) is 5.88 Å². The monoisotopic (exact) mass is 284 g/mol. The lowest BCUT2D eigenvalue weighted by Crippen LogP contribution is -2.26. The normalized spacial score (nSPS) is 9.60. The van der Waals surface area contributed by atoms with Gasteiger partial charge in [-0.05, 0) is 0 Å². The Hall–Kier alpha value is -3.44. The SMILES string of the molecule is Nc1[nH]c(=O)[nH]c(=O)c1N.Nc1nc(O)c(N)c(=O)[nH]1. The van der Waals surface area contributed by atoms with E-state index in [1.807, 2.05) is 4.98 Å². The molecule has 20 heavy (non-hydrogen) atoms. The van der Waals surface area contributed by atoms with Gasteiger partial charge in [0.2, 0.25) is 11.8 Å². The number of hydrogen-bond donors (Lipinski definition) is 8. The van der Waals surface area contributed by atoms with Gasteiger partial charge in [0.05, 0.1) is 0 Å². The van der Waals surface area contributed by atoms with Crippen LogP contribution in [0.3, 0.4) is 0 Å². The van der Waals surface area contributed by atoms with E-state index in [4.69, 9.17) is 28.0 Å². The standard InChI is InChI=1S/2C4H6N4O2/c5-1-2(9)7-4(6)8-3(1)10;5-1-2(6)7-4(10)8-3(1)9/h2*5H2,(H4,6,7,8,9,10). The lowest BCUT2D eigenvalue weighted by atomic mass is 10.5. The topological polar surface area (TPSA) is 236 Å². The second kappa shape index (κ2) is 5.47. The zero-order valence-corrected chi connectivity index (χ0v) is 9.93. The van der Waals surface area contributed by atoms with Gasteiger partial charge < -0.3 is 28.0 Å². The van der Waals surface area contributed by atoms with E-state index in [2.05, 4.69) is 15.0 Å². The number of hydrogen-bond acceptors (Lipinski definition) is 9. The van der Waals surface area contributed by atoms with Crippen molar-refractivity contribution in [3.8, 4) is 5.88 Å². The Morgan fingerprint density at radius 3 is 1.90 bits per heavy atom. The highest BCUT2D eigenvalue weighted by Crippen LogP contribution is 2.08. The van der Waals surface area contributed by atoms with Crippen LogP contribution in [0.15, 0.2) is 14.4 Å². The maximum Gasteiger partial charge on any atom is 0.327 e. The number of anilines is 4. The van der Waals surface area contributed by atoms with Gasteiger partial charge in [-0.25, -0.2) is 4.79 Å². The summed E-state index contributed by atoms with van der Waals surface area (Å²) in [5, 5.41) is 8.74. The van der Waals surface area contributed by atoms with Crippen LogP contribution in [0.1, 0.15) is 0 Å². The van der Waals surface area contributed by atoms with Crippen LogP contribution in [-0.4, -0.2) is 25.0 Å². The Morgan fingerprint density at radius 2 is 1.40 bits per heavy atom. The van der Waals surface area contributed by atoms with Crippen LogP contribution >= 0.6 is 0 Å². The van der Waals surface area contributed by atoms with Gasteiger partial charge in [-0.3, -0.25) is 24.5 Å². The zero-order valence-electron chi connectivity index (χ0n) is 9.93. The number of nitrogens with one attached hydrogen (secondary N) is 3.